The molecule has 3 aromatic rings. The molecule has 0 aliphatic carbocycles. The van der Waals surface area contributed by atoms with E-state index >= 15 is 0 Å². The molecule has 0 bridgehead atoms. The normalized spacial score (nSPS) is 15.6. The number of methoxy groups -OCH3 is 1. The zero-order chi connectivity index (χ0) is 19.3. The number of rotatable bonds is 6. The average molecular weight is 382 g/mol. The number of hydrogen-bond donors (Lipinski definition) is 0. The fourth-order valence-corrected chi connectivity index (χ4v) is 3.38. The van der Waals surface area contributed by atoms with Crippen LogP contribution in [0, 0.1) is 5.82 Å². The van der Waals surface area contributed by atoms with E-state index in [0.29, 0.717) is 18.3 Å². The minimum atomic E-state index is -0.316. The minimum Gasteiger partial charge on any atom is -0.494 e. The molecule has 7 heteroatoms. The van der Waals surface area contributed by atoms with Gasteiger partial charge in [-0.15, -0.1) is 10.2 Å². The Morgan fingerprint density at radius 3 is 2.36 bits per heavy atom. The van der Waals surface area contributed by atoms with Gasteiger partial charge in [0.2, 0.25) is 11.8 Å². The van der Waals surface area contributed by atoms with Gasteiger partial charge in [-0.05, 0) is 29.8 Å². The van der Waals surface area contributed by atoms with Crippen molar-refractivity contribution in [2.24, 2.45) is 0 Å². The van der Waals surface area contributed by atoms with Crippen molar-refractivity contribution in [1.82, 2.24) is 20.0 Å². The predicted molar refractivity (Wildman–Crippen MR) is 103 cm³/mol. The third-order valence-electron chi connectivity index (χ3n) is 4.93. The van der Waals surface area contributed by atoms with E-state index in [0.717, 1.165) is 43.9 Å². The second-order valence-electron chi connectivity index (χ2n) is 6.89. The van der Waals surface area contributed by atoms with Crippen LogP contribution in [0.2, 0.25) is 0 Å². The van der Waals surface area contributed by atoms with Gasteiger partial charge in [0.1, 0.15) is 0 Å². The Labute approximate surface area is 163 Å². The lowest BCUT2D eigenvalue weighted by molar-refractivity contribution is 0.114. The first-order valence-electron chi connectivity index (χ1n) is 9.36. The van der Waals surface area contributed by atoms with Gasteiger partial charge in [-0.2, -0.15) is 0 Å². The van der Waals surface area contributed by atoms with Crippen molar-refractivity contribution in [3.05, 3.63) is 65.8 Å². The molecule has 0 amide bonds. The standard InChI is InChI=1S/C21H23FN4O2/c1-27-19-8-7-16(13-18(19)22)14-25-9-11-26(12-10-25)15-20-23-24-21(28-20)17-5-3-2-4-6-17/h2-8,13H,9-12,14-15H2,1H3. The molecule has 4 rings (SSSR count). The molecule has 0 atom stereocenters. The van der Waals surface area contributed by atoms with Gasteiger partial charge in [-0.3, -0.25) is 9.80 Å². The number of ether oxygens (including phenoxy) is 1. The lowest BCUT2D eigenvalue weighted by Gasteiger charge is -2.33. The van der Waals surface area contributed by atoms with E-state index in [-0.39, 0.29) is 11.6 Å². The van der Waals surface area contributed by atoms with E-state index < -0.39 is 0 Å². The molecule has 2 aromatic carbocycles. The van der Waals surface area contributed by atoms with E-state index in [1.807, 2.05) is 36.4 Å². The molecule has 0 spiro atoms. The van der Waals surface area contributed by atoms with Crippen molar-refractivity contribution in [1.29, 1.82) is 0 Å². The Kier molecular flexibility index (Phi) is 5.64. The maximum atomic E-state index is 13.9. The lowest BCUT2D eigenvalue weighted by Crippen LogP contribution is -2.45. The summed E-state index contributed by atoms with van der Waals surface area (Å²) in [5.74, 6) is 1.15. The van der Waals surface area contributed by atoms with Crippen LogP contribution >= 0.6 is 0 Å². The van der Waals surface area contributed by atoms with Crippen LogP contribution in [-0.4, -0.2) is 53.3 Å². The molecule has 1 fully saturated rings. The number of nitrogens with zero attached hydrogens (tertiary/aromatic N) is 4. The first-order valence-corrected chi connectivity index (χ1v) is 9.36. The van der Waals surface area contributed by atoms with Gasteiger partial charge < -0.3 is 9.15 Å². The quantitative estimate of drug-likeness (QED) is 0.653. The highest BCUT2D eigenvalue weighted by molar-refractivity contribution is 5.51. The first-order chi connectivity index (χ1) is 13.7. The summed E-state index contributed by atoms with van der Waals surface area (Å²) >= 11 is 0. The lowest BCUT2D eigenvalue weighted by atomic mass is 10.2. The topological polar surface area (TPSA) is 54.6 Å². The molecule has 0 N–H and O–H groups in total. The molecule has 1 aromatic heterocycles. The van der Waals surface area contributed by atoms with E-state index in [9.17, 15) is 4.39 Å². The van der Waals surface area contributed by atoms with Crippen LogP contribution in [0.3, 0.4) is 0 Å². The highest BCUT2D eigenvalue weighted by atomic mass is 19.1. The fraction of sp³-hybridized carbons (Fsp3) is 0.333. The van der Waals surface area contributed by atoms with Crippen molar-refractivity contribution in [2.75, 3.05) is 33.3 Å². The minimum absolute atomic E-state index is 0.281. The highest BCUT2D eigenvalue weighted by Crippen LogP contribution is 2.20. The van der Waals surface area contributed by atoms with Crippen LogP contribution in [-0.2, 0) is 13.1 Å². The SMILES string of the molecule is COc1ccc(CN2CCN(Cc3nnc(-c4ccccc4)o3)CC2)cc1F. The van der Waals surface area contributed by atoms with Gasteiger partial charge in [-0.25, -0.2) is 4.39 Å². The molecule has 1 aliphatic heterocycles. The first kappa shape index (κ1) is 18.6. The summed E-state index contributed by atoms with van der Waals surface area (Å²) in [6, 6.07) is 14.9. The fourth-order valence-electron chi connectivity index (χ4n) is 3.38. The molecular weight excluding hydrogens is 359 g/mol. The summed E-state index contributed by atoms with van der Waals surface area (Å²) < 4.78 is 24.6. The van der Waals surface area contributed by atoms with Crippen molar-refractivity contribution >= 4 is 0 Å². The van der Waals surface area contributed by atoms with Crippen LogP contribution in [0.1, 0.15) is 11.5 Å². The molecule has 2 heterocycles. The zero-order valence-electron chi connectivity index (χ0n) is 15.8. The highest BCUT2D eigenvalue weighted by Gasteiger charge is 2.20. The molecule has 28 heavy (non-hydrogen) atoms. The smallest absolute Gasteiger partial charge is 0.247 e. The summed E-state index contributed by atoms with van der Waals surface area (Å²) in [4.78, 5) is 4.62. The summed E-state index contributed by atoms with van der Waals surface area (Å²) in [5, 5.41) is 8.32. The third-order valence-corrected chi connectivity index (χ3v) is 4.93. The van der Waals surface area contributed by atoms with Crippen molar-refractivity contribution < 1.29 is 13.5 Å². The number of halogens is 1. The second kappa shape index (κ2) is 8.50. The Bertz CT molecular complexity index is 908. The van der Waals surface area contributed by atoms with Crippen LogP contribution in [0.25, 0.3) is 11.5 Å². The van der Waals surface area contributed by atoms with Gasteiger partial charge in [-0.1, -0.05) is 24.3 Å². The van der Waals surface area contributed by atoms with E-state index in [1.54, 1.807) is 12.1 Å². The maximum absolute atomic E-state index is 13.9. The molecule has 0 unspecified atom stereocenters. The summed E-state index contributed by atoms with van der Waals surface area (Å²) in [5.41, 5.74) is 1.88. The van der Waals surface area contributed by atoms with Crippen molar-refractivity contribution in [3.8, 4) is 17.2 Å². The predicted octanol–water partition coefficient (Wildman–Crippen LogP) is 3.20. The number of hydrogen-bond acceptors (Lipinski definition) is 6. The largest absolute Gasteiger partial charge is 0.494 e. The maximum Gasteiger partial charge on any atom is 0.247 e. The monoisotopic (exact) mass is 382 g/mol. The molecular formula is C21H23FN4O2. The summed E-state index contributed by atoms with van der Waals surface area (Å²) in [7, 11) is 1.48. The van der Waals surface area contributed by atoms with Gasteiger partial charge in [0.05, 0.1) is 13.7 Å². The van der Waals surface area contributed by atoms with Gasteiger partial charge >= 0.3 is 0 Å². The van der Waals surface area contributed by atoms with Crippen LogP contribution in [0.4, 0.5) is 4.39 Å². The number of benzene rings is 2. The molecule has 1 saturated heterocycles. The second-order valence-corrected chi connectivity index (χ2v) is 6.89. The van der Waals surface area contributed by atoms with Crippen molar-refractivity contribution in [2.45, 2.75) is 13.1 Å². The Balaban J connectivity index is 1.29. The molecule has 6 nitrogen and oxygen atoms in total. The van der Waals surface area contributed by atoms with Crippen LogP contribution in [0.15, 0.2) is 52.9 Å². The van der Waals surface area contributed by atoms with Crippen molar-refractivity contribution in [3.63, 3.8) is 0 Å². The molecule has 0 saturated carbocycles. The summed E-state index contributed by atoms with van der Waals surface area (Å²) in [6.45, 7) is 5.00. The van der Waals surface area contributed by atoms with Gasteiger partial charge in [0.25, 0.3) is 0 Å². The van der Waals surface area contributed by atoms with Gasteiger partial charge in [0, 0.05) is 38.3 Å². The Hall–Kier alpha value is -2.77. The Morgan fingerprint density at radius 2 is 1.68 bits per heavy atom. The number of piperazine rings is 1. The van der Waals surface area contributed by atoms with E-state index in [2.05, 4.69) is 20.0 Å². The zero-order valence-corrected chi connectivity index (χ0v) is 15.8. The number of aromatic nitrogens is 2. The molecule has 1 aliphatic rings. The summed E-state index contributed by atoms with van der Waals surface area (Å²) in [6.07, 6.45) is 0. The van der Waals surface area contributed by atoms with E-state index in [4.69, 9.17) is 9.15 Å². The molecule has 146 valence electrons. The Morgan fingerprint density at radius 1 is 0.964 bits per heavy atom. The van der Waals surface area contributed by atoms with E-state index in [1.165, 1.54) is 7.11 Å². The third kappa shape index (κ3) is 4.37. The average Bonchev–Trinajstić information content (AvgIpc) is 3.19. The molecule has 0 radical (unpaired) electrons. The van der Waals surface area contributed by atoms with Gasteiger partial charge in [0.15, 0.2) is 11.6 Å². The van der Waals surface area contributed by atoms with Crippen LogP contribution in [0.5, 0.6) is 5.75 Å². The van der Waals surface area contributed by atoms with Crippen LogP contribution < -0.4 is 4.74 Å².